The predicted molar refractivity (Wildman–Crippen MR) is 56.5 cm³/mol. The highest BCUT2D eigenvalue weighted by Crippen LogP contribution is 2.08. The highest BCUT2D eigenvalue weighted by atomic mass is 16.4. The van der Waals surface area contributed by atoms with Crippen molar-refractivity contribution in [3.8, 4) is 0 Å². The summed E-state index contributed by atoms with van der Waals surface area (Å²) in [6.07, 6.45) is 0. The quantitative estimate of drug-likeness (QED) is 0.790. The summed E-state index contributed by atoms with van der Waals surface area (Å²) >= 11 is 0. The van der Waals surface area contributed by atoms with Crippen LogP contribution in [-0.2, 0) is 0 Å². The molecule has 7 nitrogen and oxygen atoms in total. The van der Waals surface area contributed by atoms with Crippen LogP contribution in [0.5, 0.6) is 0 Å². The monoisotopic (exact) mass is 221 g/mol. The lowest BCUT2D eigenvalue weighted by Crippen LogP contribution is -2.13. The molecule has 0 aliphatic rings. The fourth-order valence-corrected chi connectivity index (χ4v) is 1.29. The van der Waals surface area contributed by atoms with Crippen LogP contribution in [0.4, 0.5) is 5.82 Å². The number of carbonyl (C=O) groups is 1. The SMILES string of the molecule is CC(C)Nc1ccc2nnc(C(=O)O)n2n1. The van der Waals surface area contributed by atoms with Crippen LogP contribution in [0.2, 0.25) is 0 Å². The van der Waals surface area contributed by atoms with Gasteiger partial charge in [-0.15, -0.1) is 15.3 Å². The smallest absolute Gasteiger partial charge is 0.375 e. The number of fused-ring (bicyclic) bond motifs is 1. The molecule has 0 atom stereocenters. The summed E-state index contributed by atoms with van der Waals surface area (Å²) in [5.41, 5.74) is 0.409. The molecule has 2 aromatic rings. The molecule has 0 aliphatic heterocycles. The number of rotatable bonds is 3. The molecule has 0 bridgehead atoms. The standard InChI is InChI=1S/C9H11N5O2/c1-5(2)10-6-3-4-7-11-12-8(9(15)16)14(7)13-6/h3-5H,1-2H3,(H,10,13)(H,15,16). The fourth-order valence-electron chi connectivity index (χ4n) is 1.29. The van der Waals surface area contributed by atoms with Gasteiger partial charge in [-0.25, -0.2) is 4.79 Å². The number of aromatic carboxylic acids is 1. The van der Waals surface area contributed by atoms with Crippen LogP contribution >= 0.6 is 0 Å². The van der Waals surface area contributed by atoms with E-state index in [4.69, 9.17) is 5.11 Å². The molecule has 0 unspecified atom stereocenters. The van der Waals surface area contributed by atoms with E-state index in [1.165, 1.54) is 4.52 Å². The Hall–Kier alpha value is -2.18. The molecule has 0 saturated carbocycles. The van der Waals surface area contributed by atoms with Gasteiger partial charge in [0.15, 0.2) is 5.65 Å². The molecule has 2 aromatic heterocycles. The second-order valence-corrected chi connectivity index (χ2v) is 3.62. The highest BCUT2D eigenvalue weighted by Gasteiger charge is 2.14. The van der Waals surface area contributed by atoms with Crippen molar-refractivity contribution < 1.29 is 9.90 Å². The summed E-state index contributed by atoms with van der Waals surface area (Å²) in [4.78, 5) is 10.8. The lowest BCUT2D eigenvalue weighted by molar-refractivity contribution is 0.0680. The Kier molecular flexibility index (Phi) is 2.43. The van der Waals surface area contributed by atoms with Crippen molar-refractivity contribution >= 4 is 17.4 Å². The van der Waals surface area contributed by atoms with Gasteiger partial charge in [-0.1, -0.05) is 0 Å². The number of carboxylic acids is 1. The van der Waals surface area contributed by atoms with Crippen LogP contribution < -0.4 is 5.32 Å². The third-order valence-electron chi connectivity index (χ3n) is 1.89. The van der Waals surface area contributed by atoms with Crippen molar-refractivity contribution in [3.63, 3.8) is 0 Å². The van der Waals surface area contributed by atoms with E-state index in [0.29, 0.717) is 11.5 Å². The van der Waals surface area contributed by atoms with Crippen LogP contribution in [0.1, 0.15) is 24.5 Å². The van der Waals surface area contributed by atoms with E-state index in [0.717, 1.165) is 0 Å². The van der Waals surface area contributed by atoms with Gasteiger partial charge in [0.2, 0.25) is 0 Å². The first kappa shape index (κ1) is 10.3. The number of aromatic nitrogens is 4. The van der Waals surface area contributed by atoms with Gasteiger partial charge in [0.05, 0.1) is 0 Å². The summed E-state index contributed by atoms with van der Waals surface area (Å²) in [6.45, 7) is 3.94. The first-order chi connectivity index (χ1) is 7.58. The van der Waals surface area contributed by atoms with Crippen molar-refractivity contribution in [2.24, 2.45) is 0 Å². The minimum Gasteiger partial charge on any atom is -0.475 e. The lowest BCUT2D eigenvalue weighted by Gasteiger charge is -2.08. The summed E-state index contributed by atoms with van der Waals surface area (Å²) in [5.74, 6) is -0.756. The Bertz CT molecular complexity index is 534. The first-order valence-electron chi connectivity index (χ1n) is 4.80. The van der Waals surface area contributed by atoms with Crippen LogP contribution in [0, 0.1) is 0 Å². The molecule has 2 rings (SSSR count). The van der Waals surface area contributed by atoms with E-state index in [-0.39, 0.29) is 11.9 Å². The molecule has 0 saturated heterocycles. The maximum absolute atomic E-state index is 10.8. The van der Waals surface area contributed by atoms with Crippen molar-refractivity contribution in [2.45, 2.75) is 19.9 Å². The van der Waals surface area contributed by atoms with Crippen LogP contribution in [0.3, 0.4) is 0 Å². The summed E-state index contributed by atoms with van der Waals surface area (Å²) in [5, 5.41) is 23.3. The minimum absolute atomic E-state index is 0.192. The first-order valence-corrected chi connectivity index (χ1v) is 4.80. The molecule has 0 radical (unpaired) electrons. The minimum atomic E-state index is -1.15. The molecule has 0 spiro atoms. The molecule has 2 N–H and O–H groups in total. The van der Waals surface area contributed by atoms with E-state index in [1.54, 1.807) is 12.1 Å². The number of hydrogen-bond acceptors (Lipinski definition) is 5. The van der Waals surface area contributed by atoms with Gasteiger partial charge in [-0.05, 0) is 26.0 Å². The van der Waals surface area contributed by atoms with E-state index in [1.807, 2.05) is 13.8 Å². The zero-order valence-electron chi connectivity index (χ0n) is 8.88. The number of nitrogens with one attached hydrogen (secondary N) is 1. The molecule has 0 aromatic carbocycles. The van der Waals surface area contributed by atoms with E-state index < -0.39 is 5.97 Å². The maximum Gasteiger partial charge on any atom is 0.375 e. The number of nitrogens with zero attached hydrogens (tertiary/aromatic N) is 4. The zero-order chi connectivity index (χ0) is 11.7. The van der Waals surface area contributed by atoms with E-state index in [9.17, 15) is 4.79 Å². The third-order valence-corrected chi connectivity index (χ3v) is 1.89. The Morgan fingerprint density at radius 3 is 2.81 bits per heavy atom. The van der Waals surface area contributed by atoms with E-state index >= 15 is 0 Å². The average molecular weight is 221 g/mol. The molecule has 0 amide bonds. The van der Waals surface area contributed by atoms with Gasteiger partial charge in [-0.2, -0.15) is 4.52 Å². The summed E-state index contributed by atoms with van der Waals surface area (Å²) < 4.78 is 1.20. The predicted octanol–water partition coefficient (Wildman–Crippen LogP) is 0.643. The van der Waals surface area contributed by atoms with Crippen molar-refractivity contribution in [2.75, 3.05) is 5.32 Å². The molecule has 0 aliphatic carbocycles. The van der Waals surface area contributed by atoms with Gasteiger partial charge in [0.25, 0.3) is 5.82 Å². The van der Waals surface area contributed by atoms with Gasteiger partial charge in [0, 0.05) is 6.04 Å². The van der Waals surface area contributed by atoms with Crippen LogP contribution in [0.25, 0.3) is 5.65 Å². The number of carboxylic acid groups (broad SMARTS) is 1. The van der Waals surface area contributed by atoms with Gasteiger partial charge >= 0.3 is 5.97 Å². The van der Waals surface area contributed by atoms with E-state index in [2.05, 4.69) is 20.6 Å². The highest BCUT2D eigenvalue weighted by molar-refractivity contribution is 5.84. The summed E-state index contributed by atoms with van der Waals surface area (Å²) in [6, 6.07) is 3.61. The zero-order valence-corrected chi connectivity index (χ0v) is 8.88. The Morgan fingerprint density at radius 2 is 2.19 bits per heavy atom. The van der Waals surface area contributed by atoms with Gasteiger partial charge < -0.3 is 10.4 Å². The second kappa shape index (κ2) is 3.76. The lowest BCUT2D eigenvalue weighted by atomic mass is 10.4. The Morgan fingerprint density at radius 1 is 1.44 bits per heavy atom. The second-order valence-electron chi connectivity index (χ2n) is 3.62. The Labute approximate surface area is 91.1 Å². The molecule has 2 heterocycles. The molecular formula is C9H11N5O2. The van der Waals surface area contributed by atoms with Gasteiger partial charge in [0.1, 0.15) is 5.82 Å². The molecule has 84 valence electrons. The van der Waals surface area contributed by atoms with Crippen molar-refractivity contribution in [1.82, 2.24) is 19.8 Å². The average Bonchev–Trinajstić information content (AvgIpc) is 2.59. The summed E-state index contributed by atoms with van der Waals surface area (Å²) in [7, 11) is 0. The molecular weight excluding hydrogens is 210 g/mol. The topological polar surface area (TPSA) is 92.4 Å². The number of anilines is 1. The van der Waals surface area contributed by atoms with Crippen molar-refractivity contribution in [3.05, 3.63) is 18.0 Å². The van der Waals surface area contributed by atoms with Gasteiger partial charge in [-0.3, -0.25) is 0 Å². The molecule has 7 heteroatoms. The van der Waals surface area contributed by atoms with Crippen LogP contribution in [0.15, 0.2) is 12.1 Å². The normalized spacial score (nSPS) is 10.9. The molecule has 0 fully saturated rings. The maximum atomic E-state index is 10.8. The largest absolute Gasteiger partial charge is 0.475 e. The van der Waals surface area contributed by atoms with Crippen LogP contribution in [-0.4, -0.2) is 36.9 Å². The fraction of sp³-hybridized carbons (Fsp3) is 0.333. The number of hydrogen-bond donors (Lipinski definition) is 2. The molecule has 16 heavy (non-hydrogen) atoms. The third kappa shape index (κ3) is 1.79. The Balaban J connectivity index is 2.50. The van der Waals surface area contributed by atoms with Crippen molar-refractivity contribution in [1.29, 1.82) is 0 Å².